The Kier molecular flexibility index (Phi) is 6.19. The van der Waals surface area contributed by atoms with Crippen LogP contribution in [0, 0.1) is 5.82 Å². The molecule has 0 atom stereocenters. The molecule has 2 aromatic heterocycles. The Labute approximate surface area is 163 Å². The zero-order valence-corrected chi connectivity index (χ0v) is 16.2. The second-order valence-corrected chi connectivity index (χ2v) is 6.67. The highest BCUT2D eigenvalue weighted by Crippen LogP contribution is 2.21. The highest BCUT2D eigenvalue weighted by molar-refractivity contribution is 5.68. The molecule has 0 aliphatic carbocycles. The van der Waals surface area contributed by atoms with Crippen molar-refractivity contribution in [1.82, 2.24) is 14.4 Å². The molecule has 3 aromatic rings. The van der Waals surface area contributed by atoms with Gasteiger partial charge >= 0.3 is 0 Å². The monoisotopic (exact) mass is 383 g/mol. The lowest BCUT2D eigenvalue weighted by atomic mass is 10.0. The van der Waals surface area contributed by atoms with Crippen LogP contribution in [-0.4, -0.2) is 14.4 Å². The van der Waals surface area contributed by atoms with Gasteiger partial charge < -0.3 is 4.74 Å². The molecule has 0 aliphatic rings. The minimum atomic E-state index is -0.306. The predicted molar refractivity (Wildman–Crippen MR) is 106 cm³/mol. The number of benzene rings is 1. The van der Waals surface area contributed by atoms with Gasteiger partial charge in [-0.15, -0.1) is 0 Å². The summed E-state index contributed by atoms with van der Waals surface area (Å²) < 4.78 is 34.2. The van der Waals surface area contributed by atoms with E-state index >= 15 is 0 Å². The van der Waals surface area contributed by atoms with Crippen LogP contribution in [0.15, 0.2) is 60.3 Å². The fraction of sp³-hybridized carbons (Fsp3) is 0.273. The Morgan fingerprint density at radius 2 is 1.93 bits per heavy atom. The van der Waals surface area contributed by atoms with E-state index in [1.54, 1.807) is 24.4 Å². The number of allylic oxidation sites excluding steroid dienone is 4. The van der Waals surface area contributed by atoms with E-state index in [0.29, 0.717) is 23.6 Å². The van der Waals surface area contributed by atoms with Crippen molar-refractivity contribution in [2.24, 2.45) is 0 Å². The van der Waals surface area contributed by atoms with Gasteiger partial charge in [-0.1, -0.05) is 6.92 Å². The van der Waals surface area contributed by atoms with Gasteiger partial charge in [-0.25, -0.2) is 18.7 Å². The fourth-order valence-corrected chi connectivity index (χ4v) is 2.77. The summed E-state index contributed by atoms with van der Waals surface area (Å²) in [5.41, 5.74) is 3.43. The number of imidazole rings is 1. The Bertz CT molecular complexity index is 1020. The van der Waals surface area contributed by atoms with Crippen LogP contribution in [0.5, 0.6) is 5.75 Å². The third-order valence-corrected chi connectivity index (χ3v) is 4.45. The highest BCUT2D eigenvalue weighted by Gasteiger charge is 2.07. The molecule has 0 spiro atoms. The van der Waals surface area contributed by atoms with E-state index in [2.05, 4.69) is 9.97 Å². The SMILES string of the molecule is CCC/C(F)=C\C(C)=C(/C)c1cnc2nc(COc3ccc(F)cc3)cn2c1. The first-order chi connectivity index (χ1) is 13.5. The molecule has 0 bridgehead atoms. The van der Waals surface area contributed by atoms with Crippen LogP contribution in [0.1, 0.15) is 44.9 Å². The molecule has 1 aromatic carbocycles. The summed E-state index contributed by atoms with van der Waals surface area (Å²) in [4.78, 5) is 8.81. The molecule has 2 heterocycles. The molecule has 0 saturated heterocycles. The molecule has 0 amide bonds. The van der Waals surface area contributed by atoms with Crippen LogP contribution in [-0.2, 0) is 6.61 Å². The predicted octanol–water partition coefficient (Wildman–Crippen LogP) is 5.89. The Morgan fingerprint density at radius 3 is 2.64 bits per heavy atom. The number of ether oxygens (including phenoxy) is 1. The minimum absolute atomic E-state index is 0.115. The highest BCUT2D eigenvalue weighted by atomic mass is 19.1. The number of halogens is 2. The van der Waals surface area contributed by atoms with Crippen LogP contribution in [0.25, 0.3) is 11.4 Å². The molecule has 0 radical (unpaired) electrons. The summed E-state index contributed by atoms with van der Waals surface area (Å²) in [5.74, 6) is 0.707. The third-order valence-electron chi connectivity index (χ3n) is 4.45. The summed E-state index contributed by atoms with van der Waals surface area (Å²) in [6, 6.07) is 5.84. The number of hydrogen-bond donors (Lipinski definition) is 0. The first-order valence-corrected chi connectivity index (χ1v) is 9.22. The summed E-state index contributed by atoms with van der Waals surface area (Å²) >= 11 is 0. The molecule has 0 unspecified atom stereocenters. The van der Waals surface area contributed by atoms with Gasteiger partial charge in [0.15, 0.2) is 0 Å². The number of aromatic nitrogens is 3. The van der Waals surface area contributed by atoms with Crippen molar-refractivity contribution in [3.63, 3.8) is 0 Å². The van der Waals surface area contributed by atoms with Crippen LogP contribution in [0.4, 0.5) is 8.78 Å². The lowest BCUT2D eigenvalue weighted by Crippen LogP contribution is -1.95. The van der Waals surface area contributed by atoms with Crippen LogP contribution in [0.3, 0.4) is 0 Å². The second-order valence-electron chi connectivity index (χ2n) is 6.67. The zero-order chi connectivity index (χ0) is 20.1. The molecule has 0 N–H and O–H groups in total. The molecule has 28 heavy (non-hydrogen) atoms. The van der Waals surface area contributed by atoms with Gasteiger partial charge in [0.25, 0.3) is 0 Å². The minimum Gasteiger partial charge on any atom is -0.487 e. The summed E-state index contributed by atoms with van der Waals surface area (Å²) in [6.45, 7) is 6.05. The van der Waals surface area contributed by atoms with Gasteiger partial charge in [-0.3, -0.25) is 4.40 Å². The number of rotatable bonds is 7. The summed E-state index contributed by atoms with van der Waals surface area (Å²) in [5, 5.41) is 0. The molecule has 0 saturated carbocycles. The molecule has 6 heteroatoms. The molecule has 3 rings (SSSR count). The Balaban J connectivity index is 1.78. The standard InChI is InChI=1S/C22H23F2N3O/c1-4-5-19(24)10-15(2)16(3)17-11-25-22-26-20(13-27(22)12-17)14-28-21-8-6-18(23)7-9-21/h6-13H,4-5,14H2,1-3H3/b16-15+,19-10+. The first kappa shape index (κ1) is 19.7. The fourth-order valence-electron chi connectivity index (χ4n) is 2.77. The maximum Gasteiger partial charge on any atom is 0.234 e. The van der Waals surface area contributed by atoms with E-state index in [-0.39, 0.29) is 18.3 Å². The van der Waals surface area contributed by atoms with Gasteiger partial charge in [0, 0.05) is 24.2 Å². The van der Waals surface area contributed by atoms with E-state index in [9.17, 15) is 8.78 Å². The van der Waals surface area contributed by atoms with Gasteiger partial charge in [0.2, 0.25) is 5.78 Å². The normalized spacial score (nSPS) is 13.0. The first-order valence-electron chi connectivity index (χ1n) is 9.22. The summed E-state index contributed by atoms with van der Waals surface area (Å²) in [6.07, 6.45) is 8.30. The molecular formula is C22H23F2N3O. The van der Waals surface area contributed by atoms with Gasteiger partial charge in [0.1, 0.15) is 24.0 Å². The van der Waals surface area contributed by atoms with Crippen molar-refractivity contribution >= 4 is 11.4 Å². The number of hydrogen-bond acceptors (Lipinski definition) is 3. The molecule has 146 valence electrons. The van der Waals surface area contributed by atoms with Gasteiger partial charge in [-0.2, -0.15) is 0 Å². The second kappa shape index (κ2) is 8.78. The van der Waals surface area contributed by atoms with E-state index < -0.39 is 0 Å². The van der Waals surface area contributed by atoms with Crippen molar-refractivity contribution in [1.29, 1.82) is 0 Å². The van der Waals surface area contributed by atoms with E-state index in [1.807, 2.05) is 37.6 Å². The lowest BCUT2D eigenvalue weighted by Gasteiger charge is -2.05. The van der Waals surface area contributed by atoms with Crippen molar-refractivity contribution in [3.8, 4) is 5.75 Å². The largest absolute Gasteiger partial charge is 0.487 e. The van der Waals surface area contributed by atoms with Crippen LogP contribution in [0.2, 0.25) is 0 Å². The van der Waals surface area contributed by atoms with E-state index in [1.165, 1.54) is 12.1 Å². The number of fused-ring (bicyclic) bond motifs is 1. The topological polar surface area (TPSA) is 39.4 Å². The molecule has 0 fully saturated rings. The van der Waals surface area contributed by atoms with Crippen molar-refractivity contribution in [2.75, 3.05) is 0 Å². The van der Waals surface area contributed by atoms with E-state index in [4.69, 9.17) is 4.74 Å². The Hall–Kier alpha value is -3.02. The summed E-state index contributed by atoms with van der Waals surface area (Å²) in [7, 11) is 0. The van der Waals surface area contributed by atoms with E-state index in [0.717, 1.165) is 23.1 Å². The maximum atomic E-state index is 13.8. The number of nitrogens with zero attached hydrogens (tertiary/aromatic N) is 3. The smallest absolute Gasteiger partial charge is 0.234 e. The lowest BCUT2D eigenvalue weighted by molar-refractivity contribution is 0.301. The quantitative estimate of drug-likeness (QED) is 0.477. The average Bonchev–Trinajstić information content (AvgIpc) is 3.09. The third kappa shape index (κ3) is 4.82. The van der Waals surface area contributed by atoms with Crippen LogP contribution < -0.4 is 4.74 Å². The van der Waals surface area contributed by atoms with Gasteiger partial charge in [-0.05, 0) is 68.2 Å². The van der Waals surface area contributed by atoms with Crippen LogP contribution >= 0.6 is 0 Å². The Morgan fingerprint density at radius 1 is 1.18 bits per heavy atom. The molecular weight excluding hydrogens is 360 g/mol. The van der Waals surface area contributed by atoms with Crippen molar-refractivity contribution < 1.29 is 13.5 Å². The van der Waals surface area contributed by atoms with Crippen molar-refractivity contribution in [3.05, 3.63) is 77.4 Å². The average molecular weight is 383 g/mol. The maximum absolute atomic E-state index is 13.8. The van der Waals surface area contributed by atoms with Crippen molar-refractivity contribution in [2.45, 2.75) is 40.2 Å². The zero-order valence-electron chi connectivity index (χ0n) is 16.2. The molecule has 4 nitrogen and oxygen atoms in total. The molecule has 0 aliphatic heterocycles. The van der Waals surface area contributed by atoms with Gasteiger partial charge in [0.05, 0.1) is 5.69 Å².